The topological polar surface area (TPSA) is 34.6 Å². The highest BCUT2D eigenvalue weighted by molar-refractivity contribution is 5.58. The van der Waals surface area contributed by atoms with Crippen LogP contribution in [0.3, 0.4) is 0 Å². The molecule has 0 radical (unpaired) electrons. The third-order valence-corrected chi connectivity index (χ3v) is 8.20. The fourth-order valence-electron chi connectivity index (χ4n) is 6.28. The van der Waals surface area contributed by atoms with Crippen LogP contribution >= 0.6 is 0 Å². The Bertz CT molecular complexity index is 947. The van der Waals surface area contributed by atoms with E-state index in [1.54, 1.807) is 5.56 Å². The van der Waals surface area contributed by atoms with Crippen LogP contribution in [0.2, 0.25) is 0 Å². The molecule has 1 saturated heterocycles. The van der Waals surface area contributed by atoms with Gasteiger partial charge in [0.1, 0.15) is 0 Å². The van der Waals surface area contributed by atoms with E-state index in [9.17, 15) is 0 Å². The van der Waals surface area contributed by atoms with Crippen LogP contribution in [0, 0.1) is 0 Å². The monoisotopic (exact) mass is 431 g/mol. The molecule has 0 amide bonds. The molecular weight excluding hydrogens is 394 g/mol. The Hall–Kier alpha value is -1.95. The molecule has 170 valence electrons. The molecule has 1 N–H and O–H groups in total. The fourth-order valence-corrected chi connectivity index (χ4v) is 6.28. The molecule has 0 unspecified atom stereocenters. The number of aryl methyl sites for hydroxylation is 1. The predicted molar refractivity (Wildman–Crippen MR) is 130 cm³/mol. The lowest BCUT2D eigenvalue weighted by atomic mass is 9.89. The maximum Gasteiger partial charge on any atom is 0.0607 e. The number of anilines is 1. The molecule has 3 heterocycles. The largest absolute Gasteiger partial charge is 0.369 e. The van der Waals surface area contributed by atoms with Crippen LogP contribution in [0.5, 0.6) is 0 Å². The summed E-state index contributed by atoms with van der Waals surface area (Å²) in [6.07, 6.45) is 9.60. The number of piperazine rings is 1. The Labute approximate surface area is 192 Å². The molecule has 32 heavy (non-hydrogen) atoms. The van der Waals surface area contributed by atoms with Crippen molar-refractivity contribution in [1.82, 2.24) is 20.1 Å². The summed E-state index contributed by atoms with van der Waals surface area (Å²) in [5, 5.41) is 3.84. The van der Waals surface area contributed by atoms with Gasteiger partial charge in [-0.05, 0) is 74.4 Å². The van der Waals surface area contributed by atoms with E-state index in [1.165, 1.54) is 80.8 Å². The van der Waals surface area contributed by atoms with Gasteiger partial charge in [-0.25, -0.2) is 0 Å². The van der Waals surface area contributed by atoms with Crippen molar-refractivity contribution in [3.63, 3.8) is 0 Å². The summed E-state index contributed by atoms with van der Waals surface area (Å²) in [5.74, 6) is 0. The van der Waals surface area contributed by atoms with Crippen molar-refractivity contribution in [1.29, 1.82) is 0 Å². The maximum absolute atomic E-state index is 4.78. The highest BCUT2D eigenvalue weighted by atomic mass is 15.3. The van der Waals surface area contributed by atoms with Crippen LogP contribution in [0.15, 0.2) is 36.5 Å². The zero-order chi connectivity index (χ0) is 21.5. The minimum atomic E-state index is 0.453. The standard InChI is InChI=1S/C27H37N5/c1-30(26-9-2-5-20-7-4-12-28-27(20)26)19-22-17-24-21(18-29-22)6-3-8-25(24)32-15-13-31(14-16-32)23-10-11-23/h3-4,6-8,12,22-23,26,29H,2,5,9-11,13-19H2,1H3/t22-,26+/m1/s1. The third-order valence-electron chi connectivity index (χ3n) is 8.20. The van der Waals surface area contributed by atoms with Gasteiger partial charge in [-0.2, -0.15) is 0 Å². The van der Waals surface area contributed by atoms with Gasteiger partial charge in [-0.1, -0.05) is 18.2 Å². The minimum Gasteiger partial charge on any atom is -0.369 e. The molecule has 5 heteroatoms. The number of fused-ring (bicyclic) bond motifs is 2. The van der Waals surface area contributed by atoms with Gasteiger partial charge in [0.05, 0.1) is 11.7 Å². The van der Waals surface area contributed by atoms with E-state index < -0.39 is 0 Å². The Morgan fingerprint density at radius 3 is 2.72 bits per heavy atom. The number of aromatic nitrogens is 1. The summed E-state index contributed by atoms with van der Waals surface area (Å²) in [7, 11) is 2.30. The third kappa shape index (κ3) is 4.07. The predicted octanol–water partition coefficient (Wildman–Crippen LogP) is 3.39. The molecule has 1 aromatic heterocycles. The Morgan fingerprint density at radius 1 is 1.03 bits per heavy atom. The van der Waals surface area contributed by atoms with E-state index in [-0.39, 0.29) is 0 Å². The van der Waals surface area contributed by atoms with Gasteiger partial charge in [0.25, 0.3) is 0 Å². The summed E-state index contributed by atoms with van der Waals surface area (Å²) in [4.78, 5) is 12.7. The van der Waals surface area contributed by atoms with E-state index >= 15 is 0 Å². The lowest BCUT2D eigenvalue weighted by molar-refractivity contribution is 0.190. The maximum atomic E-state index is 4.78. The van der Waals surface area contributed by atoms with Gasteiger partial charge < -0.3 is 10.2 Å². The first kappa shape index (κ1) is 20.6. The SMILES string of the molecule is CN(C[C@H]1Cc2c(cccc2N2CCN(C3CC3)CC2)CN1)[C@H]1CCCc2cccnc21. The first-order chi connectivity index (χ1) is 15.8. The second-order valence-corrected chi connectivity index (χ2v) is 10.3. The number of pyridine rings is 1. The van der Waals surface area contributed by atoms with Crippen molar-refractivity contribution < 1.29 is 0 Å². The van der Waals surface area contributed by atoms with Crippen molar-refractivity contribution >= 4 is 5.69 Å². The lowest BCUT2D eigenvalue weighted by Gasteiger charge is -2.40. The minimum absolute atomic E-state index is 0.453. The molecule has 1 aromatic carbocycles. The smallest absolute Gasteiger partial charge is 0.0607 e. The highest BCUT2D eigenvalue weighted by Gasteiger charge is 2.33. The zero-order valence-electron chi connectivity index (χ0n) is 19.5. The lowest BCUT2D eigenvalue weighted by Crippen LogP contribution is -2.48. The average molecular weight is 432 g/mol. The summed E-state index contributed by atoms with van der Waals surface area (Å²) < 4.78 is 0. The van der Waals surface area contributed by atoms with Gasteiger partial charge >= 0.3 is 0 Å². The molecule has 2 atom stereocenters. The summed E-state index contributed by atoms with van der Waals surface area (Å²) >= 11 is 0. The van der Waals surface area contributed by atoms with E-state index in [0.29, 0.717) is 12.1 Å². The van der Waals surface area contributed by atoms with Crippen LogP contribution in [-0.4, -0.2) is 66.6 Å². The van der Waals surface area contributed by atoms with E-state index in [2.05, 4.69) is 57.4 Å². The Kier molecular flexibility index (Phi) is 5.66. The molecule has 0 spiro atoms. The zero-order valence-corrected chi connectivity index (χ0v) is 19.5. The average Bonchev–Trinajstić information content (AvgIpc) is 3.69. The number of hydrogen-bond acceptors (Lipinski definition) is 5. The molecule has 2 aromatic rings. The number of hydrogen-bond donors (Lipinski definition) is 1. The van der Waals surface area contributed by atoms with Gasteiger partial charge in [0.2, 0.25) is 0 Å². The molecule has 0 bridgehead atoms. The summed E-state index contributed by atoms with van der Waals surface area (Å²) in [6.45, 7) is 6.87. The van der Waals surface area contributed by atoms with Crippen molar-refractivity contribution in [3.05, 3.63) is 58.9 Å². The van der Waals surface area contributed by atoms with Gasteiger partial charge in [0.15, 0.2) is 0 Å². The highest BCUT2D eigenvalue weighted by Crippen LogP contribution is 2.34. The first-order valence-electron chi connectivity index (χ1n) is 12.7. The Morgan fingerprint density at radius 2 is 1.88 bits per heavy atom. The van der Waals surface area contributed by atoms with E-state index in [4.69, 9.17) is 4.98 Å². The Balaban J connectivity index is 1.15. The summed E-state index contributed by atoms with van der Waals surface area (Å²) in [5.41, 5.74) is 7.34. The molecule has 6 rings (SSSR count). The quantitative estimate of drug-likeness (QED) is 0.785. The van der Waals surface area contributed by atoms with E-state index in [0.717, 1.165) is 25.6 Å². The molecular formula is C27H37N5. The second kappa shape index (κ2) is 8.77. The van der Waals surface area contributed by atoms with Crippen LogP contribution in [-0.2, 0) is 19.4 Å². The number of nitrogens with zero attached hydrogens (tertiary/aromatic N) is 4. The number of benzene rings is 1. The molecule has 2 aliphatic heterocycles. The van der Waals surface area contributed by atoms with Crippen molar-refractivity contribution in [2.45, 2.75) is 63.2 Å². The second-order valence-electron chi connectivity index (χ2n) is 10.3. The van der Waals surface area contributed by atoms with Crippen LogP contribution in [0.1, 0.15) is 54.1 Å². The number of likely N-dealkylation sites (N-methyl/N-ethyl adjacent to an activating group) is 1. The van der Waals surface area contributed by atoms with Gasteiger partial charge in [-0.3, -0.25) is 14.8 Å². The van der Waals surface area contributed by atoms with Crippen molar-refractivity contribution in [2.75, 3.05) is 44.7 Å². The van der Waals surface area contributed by atoms with Crippen LogP contribution in [0.4, 0.5) is 5.69 Å². The van der Waals surface area contributed by atoms with Gasteiger partial charge in [0, 0.05) is 63.2 Å². The molecule has 5 nitrogen and oxygen atoms in total. The van der Waals surface area contributed by atoms with Gasteiger partial charge in [-0.15, -0.1) is 0 Å². The van der Waals surface area contributed by atoms with Crippen LogP contribution < -0.4 is 10.2 Å². The number of rotatable bonds is 5. The molecule has 2 fully saturated rings. The first-order valence-corrected chi connectivity index (χ1v) is 12.7. The van der Waals surface area contributed by atoms with E-state index in [1.807, 2.05) is 6.20 Å². The molecule has 2 aliphatic carbocycles. The summed E-state index contributed by atoms with van der Waals surface area (Å²) in [6, 6.07) is 13.2. The van der Waals surface area contributed by atoms with Crippen molar-refractivity contribution in [3.8, 4) is 0 Å². The normalized spacial score (nSPS) is 26.1. The van der Waals surface area contributed by atoms with Crippen LogP contribution in [0.25, 0.3) is 0 Å². The molecule has 4 aliphatic rings. The number of nitrogens with one attached hydrogen (secondary N) is 1. The molecule has 1 saturated carbocycles. The van der Waals surface area contributed by atoms with Crippen molar-refractivity contribution in [2.24, 2.45) is 0 Å². The fraction of sp³-hybridized carbons (Fsp3) is 0.593.